The Bertz CT molecular complexity index is 1160. The topological polar surface area (TPSA) is 81.5 Å². The molecule has 160 valence electrons. The van der Waals surface area contributed by atoms with Crippen molar-refractivity contribution in [2.45, 2.75) is 6.92 Å². The number of nitrogens with zero attached hydrogens (tertiary/aromatic N) is 1. The van der Waals surface area contributed by atoms with Crippen molar-refractivity contribution >= 4 is 50.4 Å². The fourth-order valence-electron chi connectivity index (χ4n) is 2.98. The number of ether oxygens (including phenoxy) is 1. The zero-order valence-corrected chi connectivity index (χ0v) is 18.7. The second-order valence-electron chi connectivity index (χ2n) is 6.58. The number of hydrogen-bond acceptors (Lipinski definition) is 5. The van der Waals surface area contributed by atoms with Crippen LogP contribution in [0.1, 0.15) is 21.5 Å². The van der Waals surface area contributed by atoms with E-state index in [4.69, 9.17) is 16.3 Å². The number of hydrogen-bond donors (Lipinski definition) is 1. The summed E-state index contributed by atoms with van der Waals surface area (Å²) in [6.07, 6.45) is 0. The molecule has 0 saturated heterocycles. The van der Waals surface area contributed by atoms with Crippen LogP contribution < -0.4 is 10.1 Å². The van der Waals surface area contributed by atoms with Crippen molar-refractivity contribution in [2.24, 2.45) is 0 Å². The fraction of sp³-hybridized carbons (Fsp3) is 0.136. The first-order valence-electron chi connectivity index (χ1n) is 9.15. The molecule has 0 fully saturated rings. The van der Waals surface area contributed by atoms with Crippen LogP contribution in [0.2, 0.25) is 5.02 Å². The number of benzene rings is 3. The van der Waals surface area contributed by atoms with Gasteiger partial charge in [0.05, 0.1) is 9.95 Å². The standard InChI is InChI=1S/C22H17BrClFN2O4/c1-13-10-16(31-9-8-25)4-6-17(13)22(28)18-5-3-15(12-19(18)24)26-20-7-2-14(23)11-21(20)27(29)30/h2-7,10-12,26H,8-9H2,1H3. The molecule has 0 aliphatic carbocycles. The lowest BCUT2D eigenvalue weighted by Gasteiger charge is -2.12. The van der Waals surface area contributed by atoms with Gasteiger partial charge in [-0.05, 0) is 61.0 Å². The Morgan fingerprint density at radius 2 is 1.90 bits per heavy atom. The van der Waals surface area contributed by atoms with E-state index < -0.39 is 11.6 Å². The van der Waals surface area contributed by atoms with E-state index in [0.29, 0.717) is 32.7 Å². The molecule has 6 nitrogen and oxygen atoms in total. The van der Waals surface area contributed by atoms with E-state index in [0.717, 1.165) is 0 Å². The van der Waals surface area contributed by atoms with E-state index in [1.807, 2.05) is 0 Å². The number of alkyl halides is 1. The molecule has 9 heteroatoms. The van der Waals surface area contributed by atoms with Gasteiger partial charge < -0.3 is 10.1 Å². The number of carbonyl (C=O) groups excluding carboxylic acids is 1. The van der Waals surface area contributed by atoms with Gasteiger partial charge in [0, 0.05) is 27.4 Å². The molecule has 0 amide bonds. The summed E-state index contributed by atoms with van der Waals surface area (Å²) in [7, 11) is 0. The molecule has 3 aromatic carbocycles. The summed E-state index contributed by atoms with van der Waals surface area (Å²) in [5, 5.41) is 14.5. The monoisotopic (exact) mass is 506 g/mol. The Kier molecular flexibility index (Phi) is 7.25. The second kappa shape index (κ2) is 9.89. The van der Waals surface area contributed by atoms with Crippen molar-refractivity contribution in [3.05, 3.63) is 90.9 Å². The maximum atomic E-state index is 13.0. The van der Waals surface area contributed by atoms with Gasteiger partial charge in [-0.2, -0.15) is 0 Å². The van der Waals surface area contributed by atoms with E-state index in [9.17, 15) is 19.3 Å². The van der Waals surface area contributed by atoms with Crippen LogP contribution in [0, 0.1) is 17.0 Å². The number of halogens is 3. The van der Waals surface area contributed by atoms with Crippen molar-refractivity contribution in [3.8, 4) is 5.75 Å². The van der Waals surface area contributed by atoms with Crippen LogP contribution in [0.15, 0.2) is 59.1 Å². The average molecular weight is 508 g/mol. The van der Waals surface area contributed by atoms with Crippen molar-refractivity contribution in [3.63, 3.8) is 0 Å². The molecular formula is C22H17BrClFN2O4. The number of carbonyl (C=O) groups is 1. The van der Waals surface area contributed by atoms with Crippen molar-refractivity contribution in [1.82, 2.24) is 0 Å². The maximum absolute atomic E-state index is 13.0. The normalized spacial score (nSPS) is 10.6. The van der Waals surface area contributed by atoms with Crippen molar-refractivity contribution in [2.75, 3.05) is 18.6 Å². The van der Waals surface area contributed by atoms with Gasteiger partial charge in [-0.3, -0.25) is 14.9 Å². The van der Waals surface area contributed by atoms with Crippen LogP contribution in [0.3, 0.4) is 0 Å². The van der Waals surface area contributed by atoms with E-state index >= 15 is 0 Å². The van der Waals surface area contributed by atoms with Gasteiger partial charge in [0.2, 0.25) is 0 Å². The van der Waals surface area contributed by atoms with Gasteiger partial charge in [0.25, 0.3) is 5.69 Å². The molecule has 0 aromatic heterocycles. The number of nitrogens with one attached hydrogen (secondary N) is 1. The molecule has 31 heavy (non-hydrogen) atoms. The Balaban J connectivity index is 1.84. The molecule has 3 aromatic rings. The molecular weight excluding hydrogens is 491 g/mol. The lowest BCUT2D eigenvalue weighted by molar-refractivity contribution is -0.384. The summed E-state index contributed by atoms with van der Waals surface area (Å²) in [6.45, 7) is 1.11. The molecule has 0 aliphatic heterocycles. The molecule has 0 atom stereocenters. The summed E-state index contributed by atoms with van der Waals surface area (Å²) in [4.78, 5) is 23.8. The summed E-state index contributed by atoms with van der Waals surface area (Å²) in [6, 6.07) is 14.2. The Morgan fingerprint density at radius 1 is 1.16 bits per heavy atom. The number of rotatable bonds is 8. The molecule has 0 saturated carbocycles. The fourth-order valence-corrected chi connectivity index (χ4v) is 3.59. The van der Waals surface area contributed by atoms with Gasteiger partial charge in [-0.1, -0.05) is 27.5 Å². The summed E-state index contributed by atoms with van der Waals surface area (Å²) < 4.78 is 18.1. The highest BCUT2D eigenvalue weighted by Gasteiger charge is 2.18. The van der Waals surface area contributed by atoms with Crippen LogP contribution in [0.4, 0.5) is 21.5 Å². The summed E-state index contributed by atoms with van der Waals surface area (Å²) in [5.41, 5.74) is 2.10. The van der Waals surface area contributed by atoms with Gasteiger partial charge in [-0.25, -0.2) is 4.39 Å². The molecule has 0 unspecified atom stereocenters. The SMILES string of the molecule is Cc1cc(OCCF)ccc1C(=O)c1ccc(Nc2ccc(Br)cc2[N+](=O)[O-])cc1Cl. The van der Waals surface area contributed by atoms with Crippen LogP contribution >= 0.6 is 27.5 Å². The van der Waals surface area contributed by atoms with Gasteiger partial charge in [0.1, 0.15) is 24.7 Å². The lowest BCUT2D eigenvalue weighted by Crippen LogP contribution is -2.06. The van der Waals surface area contributed by atoms with Crippen LogP contribution in [-0.2, 0) is 0 Å². The predicted molar refractivity (Wildman–Crippen MR) is 122 cm³/mol. The molecule has 0 aliphatic rings. The molecule has 1 N–H and O–H groups in total. The highest BCUT2D eigenvalue weighted by Crippen LogP contribution is 2.32. The third kappa shape index (κ3) is 5.39. The third-order valence-corrected chi connectivity index (χ3v) is 5.24. The van der Waals surface area contributed by atoms with Crippen LogP contribution in [-0.4, -0.2) is 24.0 Å². The number of anilines is 2. The Hall–Kier alpha value is -2.97. The minimum atomic E-state index is -0.598. The highest BCUT2D eigenvalue weighted by molar-refractivity contribution is 9.10. The maximum Gasteiger partial charge on any atom is 0.293 e. The molecule has 0 heterocycles. The van der Waals surface area contributed by atoms with E-state index in [2.05, 4.69) is 21.2 Å². The quantitative estimate of drug-likeness (QED) is 0.210. The minimum absolute atomic E-state index is 0.0520. The first-order chi connectivity index (χ1) is 14.8. The van der Waals surface area contributed by atoms with Crippen molar-refractivity contribution < 1.29 is 18.8 Å². The zero-order valence-electron chi connectivity index (χ0n) is 16.3. The largest absolute Gasteiger partial charge is 0.491 e. The highest BCUT2D eigenvalue weighted by atomic mass is 79.9. The number of nitro benzene ring substituents is 1. The average Bonchev–Trinajstić information content (AvgIpc) is 2.73. The Labute approximate surface area is 191 Å². The molecule has 3 rings (SSSR count). The third-order valence-electron chi connectivity index (χ3n) is 4.44. The van der Waals surface area contributed by atoms with Crippen LogP contribution in [0.5, 0.6) is 5.75 Å². The minimum Gasteiger partial charge on any atom is -0.491 e. The number of ketones is 1. The van der Waals surface area contributed by atoms with Gasteiger partial charge in [0.15, 0.2) is 5.78 Å². The van der Waals surface area contributed by atoms with E-state index in [-0.39, 0.29) is 28.7 Å². The Morgan fingerprint density at radius 3 is 2.55 bits per heavy atom. The summed E-state index contributed by atoms with van der Waals surface area (Å²) >= 11 is 9.57. The smallest absolute Gasteiger partial charge is 0.293 e. The number of aryl methyl sites for hydroxylation is 1. The van der Waals surface area contributed by atoms with E-state index in [1.165, 1.54) is 12.1 Å². The van der Waals surface area contributed by atoms with Crippen LogP contribution in [0.25, 0.3) is 0 Å². The zero-order chi connectivity index (χ0) is 22.5. The molecule has 0 spiro atoms. The van der Waals surface area contributed by atoms with Crippen molar-refractivity contribution in [1.29, 1.82) is 0 Å². The second-order valence-corrected chi connectivity index (χ2v) is 7.90. The lowest BCUT2D eigenvalue weighted by atomic mass is 9.98. The van der Waals surface area contributed by atoms with E-state index in [1.54, 1.807) is 49.4 Å². The molecule has 0 radical (unpaired) electrons. The predicted octanol–water partition coefficient (Wildman–Crippen LogP) is 6.64. The first kappa shape index (κ1) is 22.7. The molecule has 0 bridgehead atoms. The first-order valence-corrected chi connectivity index (χ1v) is 10.3. The van der Waals surface area contributed by atoms with Gasteiger partial charge in [-0.15, -0.1) is 0 Å². The number of nitro groups is 1. The van der Waals surface area contributed by atoms with Gasteiger partial charge >= 0.3 is 0 Å². The summed E-state index contributed by atoms with van der Waals surface area (Å²) in [5.74, 6) is 0.203.